The lowest BCUT2D eigenvalue weighted by Crippen LogP contribution is -2.47. The van der Waals surface area contributed by atoms with E-state index in [1.807, 2.05) is 0 Å². The predicted octanol–water partition coefficient (Wildman–Crippen LogP) is 3.99. The molecule has 1 nitrogen and oxygen atoms in total. The average Bonchev–Trinajstić information content (AvgIpc) is 2.39. The lowest BCUT2D eigenvalue weighted by atomic mass is 9.63. The summed E-state index contributed by atoms with van der Waals surface area (Å²) in [5.41, 5.74) is 1.74. The topological polar surface area (TPSA) is 12.0 Å². The third-order valence-electron chi connectivity index (χ3n) is 4.93. The van der Waals surface area contributed by atoms with E-state index in [1.165, 1.54) is 24.8 Å². The summed E-state index contributed by atoms with van der Waals surface area (Å²) in [5, 5.41) is 3.56. The number of hydrogen-bond donors (Lipinski definition) is 1. The van der Waals surface area contributed by atoms with E-state index in [0.717, 1.165) is 11.8 Å². The van der Waals surface area contributed by atoms with E-state index in [1.54, 1.807) is 0 Å². The van der Waals surface area contributed by atoms with Crippen LogP contribution in [0.25, 0.3) is 0 Å². The molecule has 3 unspecified atom stereocenters. The second-order valence-electron chi connectivity index (χ2n) is 6.51. The minimum Gasteiger partial charge on any atom is -0.317 e. The molecule has 1 saturated carbocycles. The van der Waals surface area contributed by atoms with Gasteiger partial charge in [0.25, 0.3) is 0 Å². The van der Waals surface area contributed by atoms with E-state index in [2.05, 4.69) is 63.5 Å². The van der Waals surface area contributed by atoms with Gasteiger partial charge in [0.05, 0.1) is 0 Å². The zero-order chi connectivity index (χ0) is 13.2. The Balaban J connectivity index is 2.23. The smallest absolute Gasteiger partial charge is 0.0103 e. The highest BCUT2D eigenvalue weighted by Crippen LogP contribution is 2.42. The molecule has 1 aliphatic carbocycles. The third kappa shape index (κ3) is 2.61. The van der Waals surface area contributed by atoms with Crippen LogP contribution in [0.5, 0.6) is 0 Å². The third-order valence-corrected chi connectivity index (χ3v) is 4.93. The molecular weight excluding hydrogens is 218 g/mol. The highest BCUT2D eigenvalue weighted by atomic mass is 14.9. The van der Waals surface area contributed by atoms with E-state index < -0.39 is 0 Å². The SMILES string of the molecule is CNC1CC(C)CCC1C(C)(C)c1ccccc1. The first-order chi connectivity index (χ1) is 8.55. The van der Waals surface area contributed by atoms with Gasteiger partial charge in [-0.2, -0.15) is 0 Å². The second-order valence-corrected chi connectivity index (χ2v) is 6.51. The lowest BCUT2D eigenvalue weighted by molar-refractivity contribution is 0.151. The predicted molar refractivity (Wildman–Crippen MR) is 78.8 cm³/mol. The second kappa shape index (κ2) is 5.44. The molecule has 0 saturated heterocycles. The summed E-state index contributed by atoms with van der Waals surface area (Å²) in [6, 6.07) is 11.7. The van der Waals surface area contributed by atoms with Gasteiger partial charge in [0.1, 0.15) is 0 Å². The molecule has 0 radical (unpaired) electrons. The van der Waals surface area contributed by atoms with Crippen molar-refractivity contribution in [1.29, 1.82) is 0 Å². The molecule has 100 valence electrons. The molecule has 1 aromatic rings. The van der Waals surface area contributed by atoms with E-state index in [0.29, 0.717) is 6.04 Å². The van der Waals surface area contributed by atoms with E-state index >= 15 is 0 Å². The quantitative estimate of drug-likeness (QED) is 0.849. The van der Waals surface area contributed by atoms with Crippen molar-refractivity contribution in [3.8, 4) is 0 Å². The monoisotopic (exact) mass is 245 g/mol. The summed E-state index contributed by atoms with van der Waals surface area (Å²) in [6.45, 7) is 7.21. The Morgan fingerprint density at radius 1 is 1.11 bits per heavy atom. The fraction of sp³-hybridized carbons (Fsp3) is 0.647. The van der Waals surface area contributed by atoms with Gasteiger partial charge in [0.15, 0.2) is 0 Å². The van der Waals surface area contributed by atoms with Crippen molar-refractivity contribution in [2.75, 3.05) is 7.05 Å². The molecule has 0 aromatic heterocycles. The van der Waals surface area contributed by atoms with E-state index in [9.17, 15) is 0 Å². The summed E-state index contributed by atoms with van der Waals surface area (Å²) in [4.78, 5) is 0. The van der Waals surface area contributed by atoms with Crippen LogP contribution < -0.4 is 5.32 Å². The molecule has 2 rings (SSSR count). The maximum atomic E-state index is 3.56. The van der Waals surface area contributed by atoms with Crippen molar-refractivity contribution >= 4 is 0 Å². The standard InChI is InChI=1S/C17H27N/c1-13-10-11-15(16(12-13)18-4)17(2,3)14-8-6-5-7-9-14/h5-9,13,15-16,18H,10-12H2,1-4H3. The van der Waals surface area contributed by atoms with Gasteiger partial charge in [-0.3, -0.25) is 0 Å². The van der Waals surface area contributed by atoms with Crippen molar-refractivity contribution in [1.82, 2.24) is 5.32 Å². The summed E-state index contributed by atoms with van der Waals surface area (Å²) in [7, 11) is 2.12. The largest absolute Gasteiger partial charge is 0.317 e. The van der Waals surface area contributed by atoms with E-state index in [4.69, 9.17) is 0 Å². The Hall–Kier alpha value is -0.820. The Morgan fingerprint density at radius 3 is 2.39 bits per heavy atom. The zero-order valence-corrected chi connectivity index (χ0v) is 12.2. The van der Waals surface area contributed by atoms with Crippen LogP contribution in [0, 0.1) is 11.8 Å². The van der Waals surface area contributed by atoms with Crippen LogP contribution in [0.2, 0.25) is 0 Å². The first kappa shape index (κ1) is 13.6. The van der Waals surface area contributed by atoms with Crippen molar-refractivity contribution in [2.45, 2.75) is 51.5 Å². The lowest BCUT2D eigenvalue weighted by Gasteiger charge is -2.44. The molecule has 0 heterocycles. The van der Waals surface area contributed by atoms with Gasteiger partial charge >= 0.3 is 0 Å². The number of rotatable bonds is 3. The summed E-state index contributed by atoms with van der Waals surface area (Å²) >= 11 is 0. The summed E-state index contributed by atoms with van der Waals surface area (Å²) in [6.07, 6.45) is 4.03. The van der Waals surface area contributed by atoms with E-state index in [-0.39, 0.29) is 5.41 Å². The molecule has 0 aliphatic heterocycles. The Bertz CT molecular complexity index is 368. The highest BCUT2D eigenvalue weighted by Gasteiger charge is 2.39. The van der Waals surface area contributed by atoms with Crippen LogP contribution in [0.15, 0.2) is 30.3 Å². The zero-order valence-electron chi connectivity index (χ0n) is 12.2. The molecule has 1 fully saturated rings. The number of nitrogens with one attached hydrogen (secondary N) is 1. The maximum absolute atomic E-state index is 3.56. The van der Waals surface area contributed by atoms with Gasteiger partial charge in [-0.15, -0.1) is 0 Å². The number of benzene rings is 1. The molecule has 1 N–H and O–H groups in total. The average molecular weight is 245 g/mol. The van der Waals surface area contributed by atoms with Gasteiger partial charge < -0.3 is 5.32 Å². The summed E-state index contributed by atoms with van der Waals surface area (Å²) in [5.74, 6) is 1.60. The number of hydrogen-bond acceptors (Lipinski definition) is 1. The van der Waals surface area contributed by atoms with Crippen LogP contribution in [0.4, 0.5) is 0 Å². The fourth-order valence-corrected chi connectivity index (χ4v) is 3.65. The highest BCUT2D eigenvalue weighted by molar-refractivity contribution is 5.25. The minimum absolute atomic E-state index is 0.259. The van der Waals surface area contributed by atoms with Crippen molar-refractivity contribution in [3.63, 3.8) is 0 Å². The van der Waals surface area contributed by atoms with Gasteiger partial charge in [-0.25, -0.2) is 0 Å². The first-order valence-electron chi connectivity index (χ1n) is 7.28. The van der Waals surface area contributed by atoms with Crippen LogP contribution >= 0.6 is 0 Å². The summed E-state index contributed by atoms with van der Waals surface area (Å²) < 4.78 is 0. The molecule has 1 heteroatoms. The normalized spacial score (nSPS) is 29.2. The Morgan fingerprint density at radius 2 is 1.78 bits per heavy atom. The Labute approximate surface area is 112 Å². The molecule has 0 bridgehead atoms. The molecule has 1 aromatic carbocycles. The van der Waals surface area contributed by atoms with Crippen LogP contribution in [0.1, 0.15) is 45.6 Å². The van der Waals surface area contributed by atoms with Gasteiger partial charge in [-0.1, -0.05) is 57.5 Å². The molecule has 18 heavy (non-hydrogen) atoms. The molecule has 0 spiro atoms. The van der Waals surface area contributed by atoms with Gasteiger partial charge in [0, 0.05) is 6.04 Å². The minimum atomic E-state index is 0.259. The van der Waals surface area contributed by atoms with Crippen molar-refractivity contribution < 1.29 is 0 Å². The molecule has 0 amide bonds. The fourth-order valence-electron chi connectivity index (χ4n) is 3.65. The molecular formula is C17H27N. The maximum Gasteiger partial charge on any atom is 0.0103 e. The Kier molecular flexibility index (Phi) is 4.11. The van der Waals surface area contributed by atoms with Crippen LogP contribution in [-0.4, -0.2) is 13.1 Å². The first-order valence-corrected chi connectivity index (χ1v) is 7.28. The van der Waals surface area contributed by atoms with Gasteiger partial charge in [-0.05, 0) is 42.7 Å². The van der Waals surface area contributed by atoms with Gasteiger partial charge in [0.2, 0.25) is 0 Å². The van der Waals surface area contributed by atoms with Crippen LogP contribution in [0.3, 0.4) is 0 Å². The van der Waals surface area contributed by atoms with Crippen molar-refractivity contribution in [2.24, 2.45) is 11.8 Å². The molecule has 3 atom stereocenters. The van der Waals surface area contributed by atoms with Crippen molar-refractivity contribution in [3.05, 3.63) is 35.9 Å². The molecule has 1 aliphatic rings. The van der Waals surface area contributed by atoms with Crippen LogP contribution in [-0.2, 0) is 5.41 Å².